The topological polar surface area (TPSA) is 20.3 Å². The molecule has 0 aliphatic carbocycles. The van der Waals surface area contributed by atoms with Gasteiger partial charge in [-0.05, 0) is 48.2 Å². The Bertz CT molecular complexity index is 765. The molecule has 2 heterocycles. The Hall–Kier alpha value is -2.06. The van der Waals surface area contributed by atoms with E-state index >= 15 is 0 Å². The number of nitrogens with zero attached hydrogens (tertiary/aromatic N) is 1. The van der Waals surface area contributed by atoms with E-state index in [4.69, 9.17) is 11.6 Å². The lowest BCUT2D eigenvalue weighted by atomic mass is 10.0. The molecule has 4 rings (SSSR count). The van der Waals surface area contributed by atoms with E-state index < -0.39 is 0 Å². The molecule has 1 atom stereocenters. The maximum Gasteiger partial charge on any atom is 0.254 e. The third-order valence-corrected chi connectivity index (χ3v) is 4.45. The predicted molar refractivity (Wildman–Crippen MR) is 85.5 cm³/mol. The largest absolute Gasteiger partial charge is 0.305 e. The SMILES string of the molecule is O=C1/C(=C/c2cccc(Cl)c2)CC2Cc3ccccc3N12. The van der Waals surface area contributed by atoms with Gasteiger partial charge in [-0.2, -0.15) is 0 Å². The van der Waals surface area contributed by atoms with Crippen molar-refractivity contribution in [3.05, 3.63) is 70.3 Å². The number of hydrogen-bond donors (Lipinski definition) is 0. The van der Waals surface area contributed by atoms with Crippen LogP contribution in [0, 0.1) is 0 Å². The lowest BCUT2D eigenvalue weighted by Crippen LogP contribution is -2.29. The van der Waals surface area contributed by atoms with Crippen LogP contribution in [0.2, 0.25) is 5.02 Å². The van der Waals surface area contributed by atoms with Crippen molar-refractivity contribution in [2.75, 3.05) is 4.90 Å². The number of carbonyl (C=O) groups is 1. The highest BCUT2D eigenvalue weighted by Gasteiger charge is 2.41. The summed E-state index contributed by atoms with van der Waals surface area (Å²) in [7, 11) is 0. The molecule has 2 aromatic carbocycles. The van der Waals surface area contributed by atoms with Crippen molar-refractivity contribution in [1.29, 1.82) is 0 Å². The van der Waals surface area contributed by atoms with Gasteiger partial charge in [0.25, 0.3) is 5.91 Å². The summed E-state index contributed by atoms with van der Waals surface area (Å²) >= 11 is 6.00. The Labute approximate surface area is 128 Å². The molecular weight excluding hydrogens is 282 g/mol. The third kappa shape index (κ3) is 2.07. The van der Waals surface area contributed by atoms with Crippen molar-refractivity contribution >= 4 is 29.3 Å². The first-order chi connectivity index (χ1) is 10.2. The van der Waals surface area contributed by atoms with Crippen LogP contribution in [0.3, 0.4) is 0 Å². The van der Waals surface area contributed by atoms with E-state index in [1.54, 1.807) is 0 Å². The number of fused-ring (bicyclic) bond motifs is 3. The molecule has 0 radical (unpaired) electrons. The Kier molecular flexibility index (Phi) is 2.86. The predicted octanol–water partition coefficient (Wildman–Crippen LogP) is 4.09. The minimum atomic E-state index is 0.130. The molecule has 0 spiro atoms. The fourth-order valence-electron chi connectivity index (χ4n) is 3.31. The Morgan fingerprint density at radius 3 is 2.81 bits per heavy atom. The van der Waals surface area contributed by atoms with Crippen molar-refractivity contribution in [2.24, 2.45) is 0 Å². The number of carbonyl (C=O) groups excluding carboxylic acids is 1. The molecule has 0 N–H and O–H groups in total. The fourth-order valence-corrected chi connectivity index (χ4v) is 3.51. The van der Waals surface area contributed by atoms with Crippen LogP contribution in [0.25, 0.3) is 6.08 Å². The standard InChI is InChI=1S/C18H14ClNO/c19-15-6-3-4-12(9-15)8-14-11-16-10-13-5-1-2-7-17(13)20(16)18(14)21/h1-9,16H,10-11H2/b14-8+. The second kappa shape index (κ2) is 4.74. The van der Waals surface area contributed by atoms with Crippen molar-refractivity contribution in [2.45, 2.75) is 18.9 Å². The van der Waals surface area contributed by atoms with Gasteiger partial charge in [-0.3, -0.25) is 4.79 Å². The average molecular weight is 296 g/mol. The number of hydrogen-bond acceptors (Lipinski definition) is 1. The normalized spacial score (nSPS) is 21.8. The molecule has 1 fully saturated rings. The van der Waals surface area contributed by atoms with E-state index in [9.17, 15) is 4.79 Å². The van der Waals surface area contributed by atoms with E-state index in [0.717, 1.165) is 29.7 Å². The summed E-state index contributed by atoms with van der Waals surface area (Å²) in [5.41, 5.74) is 4.21. The first-order valence-corrected chi connectivity index (χ1v) is 7.48. The molecule has 2 aliphatic heterocycles. The van der Waals surface area contributed by atoms with Gasteiger partial charge < -0.3 is 4.90 Å². The number of anilines is 1. The van der Waals surface area contributed by atoms with Crippen LogP contribution in [-0.4, -0.2) is 11.9 Å². The van der Waals surface area contributed by atoms with Crippen LogP contribution >= 0.6 is 11.6 Å². The highest BCUT2D eigenvalue weighted by atomic mass is 35.5. The average Bonchev–Trinajstić information content (AvgIpc) is 2.97. The molecule has 1 unspecified atom stereocenters. The van der Waals surface area contributed by atoms with Crippen LogP contribution in [-0.2, 0) is 11.2 Å². The van der Waals surface area contributed by atoms with Gasteiger partial charge in [0.15, 0.2) is 0 Å². The zero-order chi connectivity index (χ0) is 14.4. The molecule has 21 heavy (non-hydrogen) atoms. The summed E-state index contributed by atoms with van der Waals surface area (Å²) in [5.74, 6) is 0.130. The van der Waals surface area contributed by atoms with Crippen LogP contribution in [0.1, 0.15) is 17.5 Å². The smallest absolute Gasteiger partial charge is 0.254 e. The Balaban J connectivity index is 1.69. The lowest BCUT2D eigenvalue weighted by molar-refractivity contribution is -0.114. The number of amides is 1. The van der Waals surface area contributed by atoms with Crippen molar-refractivity contribution in [3.63, 3.8) is 0 Å². The number of para-hydroxylation sites is 1. The molecule has 3 heteroatoms. The molecular formula is C18H14ClNO. The zero-order valence-electron chi connectivity index (χ0n) is 11.4. The summed E-state index contributed by atoms with van der Waals surface area (Å²) in [6.45, 7) is 0. The van der Waals surface area contributed by atoms with Crippen molar-refractivity contribution < 1.29 is 4.79 Å². The highest BCUT2D eigenvalue weighted by Crippen LogP contribution is 2.40. The van der Waals surface area contributed by atoms with Crippen molar-refractivity contribution in [1.82, 2.24) is 0 Å². The first kappa shape index (κ1) is 12.7. The summed E-state index contributed by atoms with van der Waals surface area (Å²) in [6, 6.07) is 16.1. The number of benzene rings is 2. The summed E-state index contributed by atoms with van der Waals surface area (Å²) in [5, 5.41) is 0.695. The van der Waals surface area contributed by atoms with Crippen LogP contribution in [0.5, 0.6) is 0 Å². The van der Waals surface area contributed by atoms with Gasteiger partial charge in [0.05, 0.1) is 0 Å². The van der Waals surface area contributed by atoms with Crippen LogP contribution in [0.15, 0.2) is 54.1 Å². The number of rotatable bonds is 1. The van der Waals surface area contributed by atoms with Gasteiger partial charge in [0, 0.05) is 22.3 Å². The summed E-state index contributed by atoms with van der Waals surface area (Å²) < 4.78 is 0. The highest BCUT2D eigenvalue weighted by molar-refractivity contribution is 6.30. The molecule has 0 bridgehead atoms. The first-order valence-electron chi connectivity index (χ1n) is 7.10. The summed E-state index contributed by atoms with van der Waals surface area (Å²) in [4.78, 5) is 14.6. The van der Waals surface area contributed by atoms with Gasteiger partial charge in [-0.1, -0.05) is 41.9 Å². The lowest BCUT2D eigenvalue weighted by Gasteiger charge is -2.15. The summed E-state index contributed by atoms with van der Waals surface area (Å²) in [6.07, 6.45) is 3.73. The molecule has 1 saturated heterocycles. The molecule has 0 saturated carbocycles. The number of halogens is 1. The molecule has 2 aromatic rings. The van der Waals surface area contributed by atoms with E-state index in [2.05, 4.69) is 6.07 Å². The van der Waals surface area contributed by atoms with Crippen LogP contribution in [0.4, 0.5) is 5.69 Å². The van der Waals surface area contributed by atoms with Gasteiger partial charge in [0.2, 0.25) is 0 Å². The van der Waals surface area contributed by atoms with Gasteiger partial charge in [-0.15, -0.1) is 0 Å². The molecule has 2 aliphatic rings. The van der Waals surface area contributed by atoms with Crippen LogP contribution < -0.4 is 4.90 Å². The third-order valence-electron chi connectivity index (χ3n) is 4.21. The van der Waals surface area contributed by atoms with Gasteiger partial charge in [0.1, 0.15) is 0 Å². The minimum absolute atomic E-state index is 0.130. The van der Waals surface area contributed by atoms with Gasteiger partial charge in [-0.25, -0.2) is 0 Å². The van der Waals surface area contributed by atoms with E-state index in [1.807, 2.05) is 53.4 Å². The quantitative estimate of drug-likeness (QED) is 0.726. The maximum atomic E-state index is 12.7. The second-order valence-electron chi connectivity index (χ2n) is 5.59. The van der Waals surface area contributed by atoms with E-state index in [-0.39, 0.29) is 11.9 Å². The van der Waals surface area contributed by atoms with E-state index in [1.165, 1.54) is 5.56 Å². The molecule has 0 aromatic heterocycles. The van der Waals surface area contributed by atoms with Gasteiger partial charge >= 0.3 is 0 Å². The maximum absolute atomic E-state index is 12.7. The van der Waals surface area contributed by atoms with E-state index in [0.29, 0.717) is 5.02 Å². The molecule has 104 valence electrons. The van der Waals surface area contributed by atoms with Crippen molar-refractivity contribution in [3.8, 4) is 0 Å². The molecule has 2 nitrogen and oxygen atoms in total. The minimum Gasteiger partial charge on any atom is -0.305 e. The second-order valence-corrected chi connectivity index (χ2v) is 6.03. The fraction of sp³-hybridized carbons (Fsp3) is 0.167. The molecule has 1 amide bonds. The Morgan fingerprint density at radius 1 is 1.10 bits per heavy atom. The Morgan fingerprint density at radius 2 is 1.95 bits per heavy atom. The monoisotopic (exact) mass is 295 g/mol. The zero-order valence-corrected chi connectivity index (χ0v) is 12.2.